The van der Waals surface area contributed by atoms with Crippen LogP contribution in [-0.4, -0.2) is 26.9 Å². The Labute approximate surface area is 108 Å². The normalized spacial score (nSPS) is 12.2. The number of benzene rings is 1. The Kier molecular flexibility index (Phi) is 4.13. The predicted molar refractivity (Wildman–Crippen MR) is 69.9 cm³/mol. The van der Waals surface area contributed by atoms with Crippen molar-refractivity contribution in [3.05, 3.63) is 29.8 Å². The highest BCUT2D eigenvalue weighted by molar-refractivity contribution is 7.89. The molecule has 100 valence electrons. The molecule has 1 aromatic carbocycles. The van der Waals surface area contributed by atoms with E-state index in [1.54, 1.807) is 0 Å². The van der Waals surface area contributed by atoms with Gasteiger partial charge >= 0.3 is 0 Å². The lowest BCUT2D eigenvalue weighted by molar-refractivity contribution is 0.0919. The average Bonchev–Trinajstić information content (AvgIpc) is 2.27. The van der Waals surface area contributed by atoms with E-state index in [0.29, 0.717) is 5.56 Å². The minimum atomic E-state index is -3.46. The second kappa shape index (κ2) is 5.07. The van der Waals surface area contributed by atoms with Gasteiger partial charge in [-0.05, 0) is 52.1 Å². The highest BCUT2D eigenvalue weighted by atomic mass is 32.2. The number of hydrogen-bond acceptors (Lipinski definition) is 3. The van der Waals surface area contributed by atoms with Gasteiger partial charge in [-0.1, -0.05) is 0 Å². The van der Waals surface area contributed by atoms with Crippen LogP contribution in [0.1, 0.15) is 31.1 Å². The van der Waals surface area contributed by atoms with Crippen LogP contribution in [0.5, 0.6) is 0 Å². The molecule has 0 bridgehead atoms. The molecule has 0 heterocycles. The van der Waals surface area contributed by atoms with Crippen molar-refractivity contribution in [2.75, 3.05) is 7.05 Å². The second-order valence-corrected chi connectivity index (χ2v) is 6.82. The van der Waals surface area contributed by atoms with Crippen molar-refractivity contribution in [2.24, 2.45) is 0 Å². The van der Waals surface area contributed by atoms with Gasteiger partial charge in [0.25, 0.3) is 5.91 Å². The molecule has 1 rings (SSSR count). The number of sulfonamides is 1. The van der Waals surface area contributed by atoms with Crippen LogP contribution in [0, 0.1) is 0 Å². The Hall–Kier alpha value is -1.40. The summed E-state index contributed by atoms with van der Waals surface area (Å²) in [4.78, 5) is 12.0. The predicted octanol–water partition coefficient (Wildman–Crippen LogP) is 1.12. The molecular weight excluding hydrogens is 252 g/mol. The van der Waals surface area contributed by atoms with Crippen molar-refractivity contribution in [1.29, 1.82) is 0 Å². The summed E-state index contributed by atoms with van der Waals surface area (Å²) in [6.07, 6.45) is 0. The Balaban J connectivity index is 2.94. The van der Waals surface area contributed by atoms with Crippen LogP contribution in [0.2, 0.25) is 0 Å². The zero-order valence-electron chi connectivity index (χ0n) is 10.9. The zero-order valence-corrected chi connectivity index (χ0v) is 11.8. The quantitative estimate of drug-likeness (QED) is 0.864. The van der Waals surface area contributed by atoms with E-state index in [1.165, 1.54) is 31.3 Å². The van der Waals surface area contributed by atoms with Gasteiger partial charge < -0.3 is 5.32 Å². The summed E-state index contributed by atoms with van der Waals surface area (Å²) < 4.78 is 25.2. The van der Waals surface area contributed by atoms with Gasteiger partial charge in [-0.2, -0.15) is 0 Å². The maximum atomic E-state index is 11.8. The van der Waals surface area contributed by atoms with Crippen LogP contribution in [0.4, 0.5) is 0 Å². The van der Waals surface area contributed by atoms with E-state index in [9.17, 15) is 13.2 Å². The Morgan fingerprint density at radius 2 is 1.61 bits per heavy atom. The molecule has 5 nitrogen and oxygen atoms in total. The topological polar surface area (TPSA) is 75.3 Å². The van der Waals surface area contributed by atoms with Crippen molar-refractivity contribution in [3.63, 3.8) is 0 Å². The molecular formula is C12H18N2O3S. The second-order valence-electron chi connectivity index (χ2n) is 4.94. The molecule has 0 unspecified atom stereocenters. The maximum absolute atomic E-state index is 11.8. The van der Waals surface area contributed by atoms with E-state index in [1.807, 2.05) is 20.8 Å². The third-order valence-corrected chi connectivity index (χ3v) is 3.61. The molecule has 0 aromatic heterocycles. The minimum absolute atomic E-state index is 0.136. The standard InChI is InChI=1S/C12H18N2O3S/c1-12(2,3)14-11(15)9-5-7-10(8-6-9)18(16,17)13-4/h5-8,13H,1-4H3,(H,14,15). The van der Waals surface area contributed by atoms with Gasteiger partial charge in [0.05, 0.1) is 4.90 Å². The number of amides is 1. The minimum Gasteiger partial charge on any atom is -0.347 e. The Morgan fingerprint density at radius 1 is 1.11 bits per heavy atom. The summed E-state index contributed by atoms with van der Waals surface area (Å²) in [5.74, 6) is -0.226. The highest BCUT2D eigenvalue weighted by Crippen LogP contribution is 2.11. The largest absolute Gasteiger partial charge is 0.347 e. The summed E-state index contributed by atoms with van der Waals surface area (Å²) in [5, 5.41) is 2.80. The lowest BCUT2D eigenvalue weighted by Crippen LogP contribution is -2.40. The van der Waals surface area contributed by atoms with Gasteiger partial charge in [-0.3, -0.25) is 4.79 Å². The van der Waals surface area contributed by atoms with Crippen molar-refractivity contribution in [1.82, 2.24) is 10.0 Å². The van der Waals surface area contributed by atoms with Gasteiger partial charge in [-0.15, -0.1) is 0 Å². The summed E-state index contributed by atoms with van der Waals surface area (Å²) in [6.45, 7) is 5.64. The van der Waals surface area contributed by atoms with Crippen molar-refractivity contribution >= 4 is 15.9 Å². The number of carbonyl (C=O) groups excluding carboxylic acids is 1. The third kappa shape index (κ3) is 3.82. The first-order valence-electron chi connectivity index (χ1n) is 5.52. The van der Waals surface area contributed by atoms with Crippen LogP contribution in [0.15, 0.2) is 29.2 Å². The number of nitrogens with one attached hydrogen (secondary N) is 2. The third-order valence-electron chi connectivity index (χ3n) is 2.18. The van der Waals surface area contributed by atoms with Gasteiger partial charge in [0.2, 0.25) is 10.0 Å². The SMILES string of the molecule is CNS(=O)(=O)c1ccc(C(=O)NC(C)(C)C)cc1. The van der Waals surface area contributed by atoms with Crippen molar-refractivity contribution in [3.8, 4) is 0 Å². The van der Waals surface area contributed by atoms with Gasteiger partial charge in [0.15, 0.2) is 0 Å². The fourth-order valence-corrected chi connectivity index (χ4v) is 2.05. The first kappa shape index (κ1) is 14.7. The molecule has 18 heavy (non-hydrogen) atoms. The van der Waals surface area contributed by atoms with Gasteiger partial charge in [-0.25, -0.2) is 13.1 Å². The molecule has 0 aliphatic carbocycles. The Bertz CT molecular complexity index is 527. The summed E-state index contributed by atoms with van der Waals surface area (Å²) >= 11 is 0. The Morgan fingerprint density at radius 3 is 2.00 bits per heavy atom. The van der Waals surface area contributed by atoms with Crippen LogP contribution < -0.4 is 10.0 Å². The molecule has 0 aliphatic rings. The lowest BCUT2D eigenvalue weighted by atomic mass is 10.1. The molecule has 0 spiro atoms. The first-order valence-corrected chi connectivity index (χ1v) is 7.00. The van der Waals surface area contributed by atoms with Gasteiger partial charge in [0, 0.05) is 11.1 Å². The summed E-state index contributed by atoms with van der Waals surface area (Å²) in [7, 11) is -2.11. The van der Waals surface area contributed by atoms with E-state index >= 15 is 0 Å². The molecule has 0 saturated heterocycles. The molecule has 6 heteroatoms. The van der Waals surface area contributed by atoms with E-state index in [0.717, 1.165) is 0 Å². The average molecular weight is 270 g/mol. The molecule has 1 aromatic rings. The monoisotopic (exact) mass is 270 g/mol. The van der Waals surface area contributed by atoms with Crippen LogP contribution >= 0.6 is 0 Å². The molecule has 2 N–H and O–H groups in total. The maximum Gasteiger partial charge on any atom is 0.251 e. The van der Waals surface area contributed by atoms with E-state index in [-0.39, 0.29) is 16.3 Å². The molecule has 1 amide bonds. The number of hydrogen-bond donors (Lipinski definition) is 2. The zero-order chi connectivity index (χ0) is 14.0. The van der Waals surface area contributed by atoms with Crippen LogP contribution in [-0.2, 0) is 10.0 Å². The summed E-state index contributed by atoms with van der Waals surface area (Å²) in [6, 6.07) is 5.80. The van der Waals surface area contributed by atoms with E-state index in [4.69, 9.17) is 0 Å². The van der Waals surface area contributed by atoms with Crippen molar-refractivity contribution in [2.45, 2.75) is 31.2 Å². The van der Waals surface area contributed by atoms with Crippen LogP contribution in [0.25, 0.3) is 0 Å². The fraction of sp³-hybridized carbons (Fsp3) is 0.417. The van der Waals surface area contributed by atoms with Crippen molar-refractivity contribution < 1.29 is 13.2 Å². The number of rotatable bonds is 3. The van der Waals surface area contributed by atoms with Crippen LogP contribution in [0.3, 0.4) is 0 Å². The van der Waals surface area contributed by atoms with E-state index < -0.39 is 10.0 Å². The molecule has 0 saturated carbocycles. The molecule has 0 radical (unpaired) electrons. The lowest BCUT2D eigenvalue weighted by Gasteiger charge is -2.20. The molecule has 0 atom stereocenters. The summed E-state index contributed by atoms with van der Waals surface area (Å²) in [5.41, 5.74) is 0.104. The number of carbonyl (C=O) groups is 1. The fourth-order valence-electron chi connectivity index (χ4n) is 1.32. The molecule has 0 aliphatic heterocycles. The van der Waals surface area contributed by atoms with Gasteiger partial charge in [0.1, 0.15) is 0 Å². The smallest absolute Gasteiger partial charge is 0.251 e. The van der Waals surface area contributed by atoms with E-state index in [2.05, 4.69) is 10.0 Å². The molecule has 0 fully saturated rings. The first-order chi connectivity index (χ1) is 8.15. The highest BCUT2D eigenvalue weighted by Gasteiger charge is 2.16.